The van der Waals surface area contributed by atoms with E-state index in [2.05, 4.69) is 15.3 Å². The molecule has 1 saturated heterocycles. The van der Waals surface area contributed by atoms with Gasteiger partial charge in [-0.25, -0.2) is 9.97 Å². The minimum atomic E-state index is -0.364. The summed E-state index contributed by atoms with van der Waals surface area (Å²) < 4.78 is 10.2. The standard InChI is InChI=1S/C15H20N4O4/c1-22-14-12(15(23-2)18-8-17-14)13(21)16-6-9-5-11(20)19(7-9)10-3-4-10/h8-10H,3-7H2,1-2H3,(H,16,21). The summed E-state index contributed by atoms with van der Waals surface area (Å²) in [6.45, 7) is 1.14. The van der Waals surface area contributed by atoms with Crippen LogP contribution in [0.2, 0.25) is 0 Å². The highest BCUT2D eigenvalue weighted by Gasteiger charge is 2.39. The average Bonchev–Trinajstić information content (AvgIpc) is 3.34. The fraction of sp³-hybridized carbons (Fsp3) is 0.600. The number of methoxy groups -OCH3 is 2. The van der Waals surface area contributed by atoms with Gasteiger partial charge in [0.05, 0.1) is 14.2 Å². The lowest BCUT2D eigenvalue weighted by molar-refractivity contribution is -0.128. The Morgan fingerprint density at radius 1 is 1.30 bits per heavy atom. The van der Waals surface area contributed by atoms with E-state index >= 15 is 0 Å². The largest absolute Gasteiger partial charge is 0.480 e. The summed E-state index contributed by atoms with van der Waals surface area (Å²) in [7, 11) is 2.86. The fourth-order valence-electron chi connectivity index (χ4n) is 2.87. The van der Waals surface area contributed by atoms with E-state index < -0.39 is 0 Å². The fourth-order valence-corrected chi connectivity index (χ4v) is 2.87. The number of hydrogen-bond acceptors (Lipinski definition) is 6. The number of likely N-dealkylation sites (tertiary alicyclic amines) is 1. The molecule has 1 saturated carbocycles. The molecule has 2 heterocycles. The number of nitrogens with zero attached hydrogens (tertiary/aromatic N) is 3. The molecule has 8 nitrogen and oxygen atoms in total. The molecule has 0 bridgehead atoms. The lowest BCUT2D eigenvalue weighted by Gasteiger charge is -2.16. The Labute approximate surface area is 134 Å². The molecule has 0 aromatic carbocycles. The molecule has 1 atom stereocenters. The molecule has 2 amide bonds. The van der Waals surface area contributed by atoms with Gasteiger partial charge in [0, 0.05) is 31.5 Å². The van der Waals surface area contributed by atoms with Crippen LogP contribution in [0, 0.1) is 5.92 Å². The SMILES string of the molecule is COc1ncnc(OC)c1C(=O)NCC1CC(=O)N(C2CC2)C1. The smallest absolute Gasteiger partial charge is 0.262 e. The molecule has 1 unspecified atom stereocenters. The summed E-state index contributed by atoms with van der Waals surface area (Å²) in [5, 5.41) is 2.83. The Hall–Kier alpha value is -2.38. The molecule has 1 N–H and O–H groups in total. The van der Waals surface area contributed by atoms with Gasteiger partial charge in [-0.05, 0) is 12.8 Å². The maximum absolute atomic E-state index is 12.4. The van der Waals surface area contributed by atoms with Crippen LogP contribution in [0.15, 0.2) is 6.33 Å². The normalized spacial score (nSPS) is 20.5. The van der Waals surface area contributed by atoms with Crippen molar-refractivity contribution in [1.82, 2.24) is 20.2 Å². The summed E-state index contributed by atoms with van der Waals surface area (Å²) in [6.07, 6.45) is 3.95. The predicted octanol–water partition coefficient (Wildman–Crippen LogP) is 0.234. The maximum Gasteiger partial charge on any atom is 0.262 e. The molecule has 1 aliphatic carbocycles. The molecule has 8 heteroatoms. The van der Waals surface area contributed by atoms with Crippen molar-refractivity contribution >= 4 is 11.8 Å². The second-order valence-electron chi connectivity index (χ2n) is 5.82. The van der Waals surface area contributed by atoms with Gasteiger partial charge in [0.15, 0.2) is 5.56 Å². The topological polar surface area (TPSA) is 93.6 Å². The molecule has 3 rings (SSSR count). The monoisotopic (exact) mass is 320 g/mol. The number of aromatic nitrogens is 2. The number of hydrogen-bond donors (Lipinski definition) is 1. The lowest BCUT2D eigenvalue weighted by atomic mass is 10.1. The van der Waals surface area contributed by atoms with Crippen molar-refractivity contribution in [3.63, 3.8) is 0 Å². The number of carbonyl (C=O) groups excluding carboxylic acids is 2. The van der Waals surface area contributed by atoms with E-state index in [1.807, 2.05) is 4.90 Å². The van der Waals surface area contributed by atoms with E-state index in [1.54, 1.807) is 0 Å². The molecule has 2 aliphatic rings. The van der Waals surface area contributed by atoms with Crippen LogP contribution >= 0.6 is 0 Å². The van der Waals surface area contributed by atoms with E-state index in [-0.39, 0.29) is 35.1 Å². The van der Waals surface area contributed by atoms with E-state index in [1.165, 1.54) is 20.5 Å². The van der Waals surface area contributed by atoms with E-state index in [4.69, 9.17) is 9.47 Å². The van der Waals surface area contributed by atoms with Crippen molar-refractivity contribution in [2.75, 3.05) is 27.3 Å². The van der Waals surface area contributed by atoms with Gasteiger partial charge < -0.3 is 19.7 Å². The van der Waals surface area contributed by atoms with E-state index in [0.29, 0.717) is 25.6 Å². The molecular weight excluding hydrogens is 300 g/mol. The number of rotatable bonds is 6. The van der Waals surface area contributed by atoms with Crippen LogP contribution in [0.5, 0.6) is 11.8 Å². The maximum atomic E-state index is 12.4. The molecule has 0 radical (unpaired) electrons. The van der Waals surface area contributed by atoms with Gasteiger partial charge in [0.1, 0.15) is 6.33 Å². The van der Waals surface area contributed by atoms with Crippen molar-refractivity contribution in [1.29, 1.82) is 0 Å². The first-order valence-electron chi connectivity index (χ1n) is 7.64. The molecule has 23 heavy (non-hydrogen) atoms. The summed E-state index contributed by atoms with van der Waals surface area (Å²) in [5.74, 6) is 0.281. The molecule has 1 aromatic heterocycles. The molecule has 0 spiro atoms. The summed E-state index contributed by atoms with van der Waals surface area (Å²) >= 11 is 0. The van der Waals surface area contributed by atoms with Gasteiger partial charge >= 0.3 is 0 Å². The molecule has 1 aromatic rings. The third kappa shape index (κ3) is 3.20. The van der Waals surface area contributed by atoms with Gasteiger partial charge in [-0.2, -0.15) is 0 Å². The van der Waals surface area contributed by atoms with Crippen LogP contribution in [-0.2, 0) is 4.79 Å². The highest BCUT2D eigenvalue weighted by atomic mass is 16.5. The van der Waals surface area contributed by atoms with Gasteiger partial charge in [0.25, 0.3) is 5.91 Å². The Morgan fingerprint density at radius 3 is 2.52 bits per heavy atom. The second-order valence-corrected chi connectivity index (χ2v) is 5.82. The highest BCUT2D eigenvalue weighted by Crippen LogP contribution is 2.32. The quantitative estimate of drug-likeness (QED) is 0.807. The van der Waals surface area contributed by atoms with Crippen LogP contribution in [0.25, 0.3) is 0 Å². The zero-order valence-corrected chi connectivity index (χ0v) is 13.2. The number of amides is 2. The van der Waals surface area contributed by atoms with Crippen LogP contribution < -0.4 is 14.8 Å². The Morgan fingerprint density at radius 2 is 1.96 bits per heavy atom. The number of nitrogens with one attached hydrogen (secondary N) is 1. The van der Waals surface area contributed by atoms with Crippen molar-refractivity contribution in [3.05, 3.63) is 11.9 Å². The van der Waals surface area contributed by atoms with Gasteiger partial charge in [-0.1, -0.05) is 0 Å². The molecule has 2 fully saturated rings. The van der Waals surface area contributed by atoms with Crippen LogP contribution in [0.3, 0.4) is 0 Å². The molecule has 124 valence electrons. The van der Waals surface area contributed by atoms with Crippen LogP contribution in [0.1, 0.15) is 29.6 Å². The van der Waals surface area contributed by atoms with Gasteiger partial charge in [0.2, 0.25) is 17.7 Å². The van der Waals surface area contributed by atoms with E-state index in [9.17, 15) is 9.59 Å². The van der Waals surface area contributed by atoms with Crippen molar-refractivity contribution in [2.24, 2.45) is 5.92 Å². The summed E-state index contributed by atoms with van der Waals surface area (Å²) in [6, 6.07) is 0.422. The van der Waals surface area contributed by atoms with Gasteiger partial charge in [-0.15, -0.1) is 0 Å². The Kier molecular flexibility index (Phi) is 4.31. The van der Waals surface area contributed by atoms with Crippen molar-refractivity contribution < 1.29 is 19.1 Å². The highest BCUT2D eigenvalue weighted by molar-refractivity contribution is 5.98. The zero-order valence-electron chi connectivity index (χ0n) is 13.2. The van der Waals surface area contributed by atoms with Gasteiger partial charge in [-0.3, -0.25) is 9.59 Å². The first kappa shape index (κ1) is 15.5. The van der Waals surface area contributed by atoms with E-state index in [0.717, 1.165) is 12.8 Å². The second kappa shape index (κ2) is 6.39. The van der Waals surface area contributed by atoms with Crippen LogP contribution in [0.4, 0.5) is 0 Å². The third-order valence-electron chi connectivity index (χ3n) is 4.17. The van der Waals surface area contributed by atoms with Crippen molar-refractivity contribution in [2.45, 2.75) is 25.3 Å². The number of carbonyl (C=O) groups is 2. The zero-order chi connectivity index (χ0) is 16.4. The third-order valence-corrected chi connectivity index (χ3v) is 4.17. The summed E-state index contributed by atoms with van der Waals surface area (Å²) in [4.78, 5) is 34.1. The first-order chi connectivity index (χ1) is 11.1. The Balaban J connectivity index is 1.63. The minimum Gasteiger partial charge on any atom is -0.480 e. The van der Waals surface area contributed by atoms with Crippen LogP contribution in [-0.4, -0.2) is 60.0 Å². The Bertz CT molecular complexity index is 595. The molecule has 1 aliphatic heterocycles. The summed E-state index contributed by atoms with van der Waals surface area (Å²) in [5.41, 5.74) is 0.167. The predicted molar refractivity (Wildman–Crippen MR) is 80.3 cm³/mol. The molecular formula is C15H20N4O4. The first-order valence-corrected chi connectivity index (χ1v) is 7.64. The van der Waals surface area contributed by atoms with Crippen molar-refractivity contribution in [3.8, 4) is 11.8 Å². The minimum absolute atomic E-state index is 0.133. The lowest BCUT2D eigenvalue weighted by Crippen LogP contribution is -2.32. The number of ether oxygens (including phenoxy) is 2. The average molecular weight is 320 g/mol.